The second-order valence-electron chi connectivity index (χ2n) is 4.15. The van der Waals surface area contributed by atoms with Crippen LogP contribution in [0.2, 0.25) is 0 Å². The lowest BCUT2D eigenvalue weighted by Crippen LogP contribution is -2.15. The SMILES string of the molecule is CCn1cnc(S(=O)(=O)Nc2cc(C(=O)O)ccc2F)c1. The summed E-state index contributed by atoms with van der Waals surface area (Å²) in [5.41, 5.74) is -0.672. The first kappa shape index (κ1) is 15.0. The number of rotatable bonds is 5. The Hall–Kier alpha value is -2.42. The van der Waals surface area contributed by atoms with Crippen molar-refractivity contribution in [2.24, 2.45) is 0 Å². The lowest BCUT2D eigenvalue weighted by Gasteiger charge is -2.07. The van der Waals surface area contributed by atoms with E-state index in [0.29, 0.717) is 6.54 Å². The van der Waals surface area contributed by atoms with Gasteiger partial charge in [0, 0.05) is 12.7 Å². The molecule has 0 aliphatic heterocycles. The van der Waals surface area contributed by atoms with Gasteiger partial charge in [0.2, 0.25) is 0 Å². The lowest BCUT2D eigenvalue weighted by molar-refractivity contribution is 0.0697. The van der Waals surface area contributed by atoms with Crippen molar-refractivity contribution in [2.45, 2.75) is 18.5 Å². The van der Waals surface area contributed by atoms with Gasteiger partial charge in [-0.25, -0.2) is 14.2 Å². The van der Waals surface area contributed by atoms with Crippen molar-refractivity contribution in [3.05, 3.63) is 42.1 Å². The van der Waals surface area contributed by atoms with E-state index in [-0.39, 0.29) is 10.6 Å². The van der Waals surface area contributed by atoms with Crippen LogP contribution in [0.5, 0.6) is 0 Å². The minimum absolute atomic E-state index is 0.229. The second kappa shape index (κ2) is 5.52. The minimum atomic E-state index is -4.08. The Bertz CT molecular complexity index is 786. The molecule has 0 radical (unpaired) electrons. The number of carboxylic acids is 1. The van der Waals surface area contributed by atoms with Crippen LogP contribution in [0, 0.1) is 5.82 Å². The largest absolute Gasteiger partial charge is 0.478 e. The summed E-state index contributed by atoms with van der Waals surface area (Å²) in [7, 11) is -4.08. The van der Waals surface area contributed by atoms with Gasteiger partial charge in [0.05, 0.1) is 17.6 Å². The number of aromatic carboxylic acids is 1. The number of nitrogens with one attached hydrogen (secondary N) is 1. The van der Waals surface area contributed by atoms with Crippen molar-refractivity contribution in [1.82, 2.24) is 9.55 Å². The fourth-order valence-corrected chi connectivity index (χ4v) is 2.60. The maximum atomic E-state index is 13.6. The highest BCUT2D eigenvalue weighted by atomic mass is 32.2. The fourth-order valence-electron chi connectivity index (χ4n) is 1.58. The van der Waals surface area contributed by atoms with Gasteiger partial charge in [0.1, 0.15) is 5.82 Å². The molecule has 2 rings (SSSR count). The van der Waals surface area contributed by atoms with E-state index in [4.69, 9.17) is 5.11 Å². The van der Waals surface area contributed by atoms with Crippen molar-refractivity contribution < 1.29 is 22.7 Å². The Morgan fingerprint density at radius 2 is 2.19 bits per heavy atom. The standard InChI is InChI=1S/C12H12FN3O4S/c1-2-16-6-11(14-7-16)21(19,20)15-10-5-8(12(17)18)3-4-9(10)13/h3-7,15H,2H2,1H3,(H,17,18). The number of hydrogen-bond acceptors (Lipinski definition) is 4. The van der Waals surface area contributed by atoms with Crippen molar-refractivity contribution in [2.75, 3.05) is 4.72 Å². The molecule has 21 heavy (non-hydrogen) atoms. The Labute approximate surface area is 120 Å². The van der Waals surface area contributed by atoms with Crippen LogP contribution in [0.15, 0.2) is 35.7 Å². The zero-order chi connectivity index (χ0) is 15.6. The predicted octanol–water partition coefficient (Wildman–Crippen LogP) is 1.54. The molecule has 0 unspecified atom stereocenters. The average molecular weight is 313 g/mol. The summed E-state index contributed by atoms with van der Waals surface area (Å²) in [5.74, 6) is -2.16. The molecular formula is C12H12FN3O4S. The molecule has 0 saturated carbocycles. The van der Waals surface area contributed by atoms with Crippen molar-refractivity contribution in [1.29, 1.82) is 0 Å². The van der Waals surface area contributed by atoms with E-state index in [2.05, 4.69) is 4.98 Å². The fraction of sp³-hybridized carbons (Fsp3) is 0.167. The Kier molecular flexibility index (Phi) is 3.94. The van der Waals surface area contributed by atoms with Gasteiger partial charge in [-0.05, 0) is 25.1 Å². The van der Waals surface area contributed by atoms with E-state index in [9.17, 15) is 17.6 Å². The van der Waals surface area contributed by atoms with Crippen molar-refractivity contribution >= 4 is 21.7 Å². The molecule has 9 heteroatoms. The van der Waals surface area contributed by atoms with Crippen LogP contribution in [-0.2, 0) is 16.6 Å². The minimum Gasteiger partial charge on any atom is -0.478 e. The molecule has 0 aliphatic rings. The molecule has 7 nitrogen and oxygen atoms in total. The highest BCUT2D eigenvalue weighted by Gasteiger charge is 2.20. The third-order valence-electron chi connectivity index (χ3n) is 2.71. The molecule has 0 bridgehead atoms. The lowest BCUT2D eigenvalue weighted by atomic mass is 10.2. The molecule has 1 aromatic carbocycles. The molecule has 2 aromatic rings. The number of carboxylic acid groups (broad SMARTS) is 1. The van der Waals surface area contributed by atoms with E-state index in [1.807, 2.05) is 11.6 Å². The zero-order valence-corrected chi connectivity index (χ0v) is 11.8. The molecule has 0 saturated heterocycles. The van der Waals surface area contributed by atoms with Gasteiger partial charge < -0.3 is 9.67 Å². The molecular weight excluding hydrogens is 301 g/mol. The predicted molar refractivity (Wildman–Crippen MR) is 72.1 cm³/mol. The highest BCUT2D eigenvalue weighted by molar-refractivity contribution is 7.92. The van der Waals surface area contributed by atoms with Gasteiger partial charge >= 0.3 is 5.97 Å². The highest BCUT2D eigenvalue weighted by Crippen LogP contribution is 2.20. The molecule has 0 amide bonds. The van der Waals surface area contributed by atoms with E-state index >= 15 is 0 Å². The Morgan fingerprint density at radius 3 is 2.76 bits per heavy atom. The molecule has 112 valence electrons. The summed E-state index contributed by atoms with van der Waals surface area (Å²) in [4.78, 5) is 14.5. The normalized spacial score (nSPS) is 11.3. The monoisotopic (exact) mass is 313 g/mol. The summed E-state index contributed by atoms with van der Waals surface area (Å²) in [6.45, 7) is 2.34. The van der Waals surface area contributed by atoms with E-state index < -0.39 is 27.5 Å². The summed E-state index contributed by atoms with van der Waals surface area (Å²) in [5, 5.41) is 8.56. The molecule has 0 fully saturated rings. The van der Waals surface area contributed by atoms with E-state index in [1.165, 1.54) is 12.5 Å². The Balaban J connectivity index is 2.36. The number of carbonyl (C=O) groups is 1. The number of aryl methyl sites for hydroxylation is 1. The Morgan fingerprint density at radius 1 is 1.48 bits per heavy atom. The van der Waals surface area contributed by atoms with Crippen LogP contribution >= 0.6 is 0 Å². The number of nitrogens with zero attached hydrogens (tertiary/aromatic N) is 2. The van der Waals surface area contributed by atoms with Gasteiger partial charge in [-0.15, -0.1) is 0 Å². The van der Waals surface area contributed by atoms with Crippen molar-refractivity contribution in [3.63, 3.8) is 0 Å². The van der Waals surface area contributed by atoms with Gasteiger partial charge in [-0.2, -0.15) is 8.42 Å². The van der Waals surface area contributed by atoms with Crippen LogP contribution in [0.25, 0.3) is 0 Å². The molecule has 1 heterocycles. The topological polar surface area (TPSA) is 101 Å². The first-order chi connectivity index (χ1) is 9.83. The number of sulfonamides is 1. The number of anilines is 1. The summed E-state index contributed by atoms with van der Waals surface area (Å²) in [6, 6.07) is 2.83. The van der Waals surface area contributed by atoms with Gasteiger partial charge in [-0.1, -0.05) is 0 Å². The number of aromatic nitrogens is 2. The van der Waals surface area contributed by atoms with Crippen molar-refractivity contribution in [3.8, 4) is 0 Å². The first-order valence-electron chi connectivity index (χ1n) is 5.91. The van der Waals surface area contributed by atoms with E-state index in [1.54, 1.807) is 4.57 Å². The second-order valence-corrected chi connectivity index (χ2v) is 5.78. The van der Waals surface area contributed by atoms with Crippen LogP contribution in [-0.4, -0.2) is 29.0 Å². The third-order valence-corrected chi connectivity index (χ3v) is 3.96. The summed E-state index contributed by atoms with van der Waals surface area (Å²) in [6.07, 6.45) is 2.62. The molecule has 0 aliphatic carbocycles. The average Bonchev–Trinajstić information content (AvgIpc) is 2.90. The number of benzene rings is 1. The summed E-state index contributed by atoms with van der Waals surface area (Å²) < 4.78 is 41.3. The number of halogens is 1. The van der Waals surface area contributed by atoms with E-state index in [0.717, 1.165) is 18.2 Å². The maximum absolute atomic E-state index is 13.6. The number of imidazole rings is 1. The zero-order valence-electron chi connectivity index (χ0n) is 10.9. The van der Waals surface area contributed by atoms with Gasteiger partial charge in [-0.3, -0.25) is 4.72 Å². The maximum Gasteiger partial charge on any atom is 0.335 e. The first-order valence-corrected chi connectivity index (χ1v) is 7.39. The number of hydrogen-bond donors (Lipinski definition) is 2. The molecule has 0 atom stereocenters. The van der Waals surface area contributed by atoms with Crippen LogP contribution in [0.3, 0.4) is 0 Å². The molecule has 1 aromatic heterocycles. The van der Waals surface area contributed by atoms with Crippen LogP contribution in [0.1, 0.15) is 17.3 Å². The molecule has 2 N–H and O–H groups in total. The van der Waals surface area contributed by atoms with Crippen LogP contribution in [0.4, 0.5) is 10.1 Å². The third kappa shape index (κ3) is 3.19. The van der Waals surface area contributed by atoms with Gasteiger partial charge in [0.25, 0.3) is 10.0 Å². The van der Waals surface area contributed by atoms with Crippen LogP contribution < -0.4 is 4.72 Å². The quantitative estimate of drug-likeness (QED) is 0.872. The molecule has 0 spiro atoms. The summed E-state index contributed by atoms with van der Waals surface area (Å²) >= 11 is 0. The smallest absolute Gasteiger partial charge is 0.335 e. The van der Waals surface area contributed by atoms with Gasteiger partial charge in [0.15, 0.2) is 5.03 Å².